The van der Waals surface area contributed by atoms with Crippen LogP contribution in [0.4, 0.5) is 0 Å². The van der Waals surface area contributed by atoms with Crippen molar-refractivity contribution in [3.63, 3.8) is 0 Å². The highest BCUT2D eigenvalue weighted by molar-refractivity contribution is 7.13. The summed E-state index contributed by atoms with van der Waals surface area (Å²) >= 11 is 1.61. The molecule has 0 bridgehead atoms. The molecule has 2 N–H and O–H groups in total. The molecule has 0 fully saturated rings. The van der Waals surface area contributed by atoms with Gasteiger partial charge >= 0.3 is 0 Å². The van der Waals surface area contributed by atoms with Crippen molar-refractivity contribution in [2.24, 2.45) is 11.7 Å². The first-order valence-corrected chi connectivity index (χ1v) is 9.36. The lowest BCUT2D eigenvalue weighted by atomic mass is 10.1. The molecular formula is C20H23N3OS. The number of aromatic nitrogens is 2. The molecule has 0 aliphatic rings. The molecule has 0 unspecified atom stereocenters. The number of primary amides is 1. The average Bonchev–Trinajstić information content (AvgIpc) is 3.18. The van der Waals surface area contributed by atoms with E-state index in [9.17, 15) is 4.79 Å². The summed E-state index contributed by atoms with van der Waals surface area (Å²) in [5.74, 6) is 0.197. The van der Waals surface area contributed by atoms with Crippen LogP contribution in [-0.4, -0.2) is 15.5 Å². The number of nitrogens with two attached hydrogens (primary N) is 1. The minimum Gasteiger partial charge on any atom is -0.366 e. The van der Waals surface area contributed by atoms with Crippen LogP contribution < -0.4 is 5.73 Å². The number of benzene rings is 1. The van der Waals surface area contributed by atoms with Crippen LogP contribution in [0, 0.1) is 12.8 Å². The summed E-state index contributed by atoms with van der Waals surface area (Å²) in [5.41, 5.74) is 10.0. The Bertz CT molecular complexity index is 878. The molecule has 3 aromatic rings. The normalized spacial score (nSPS) is 11.2. The van der Waals surface area contributed by atoms with Gasteiger partial charge in [-0.1, -0.05) is 44.2 Å². The fraction of sp³-hybridized carbons (Fsp3) is 0.300. The molecule has 25 heavy (non-hydrogen) atoms. The fourth-order valence-electron chi connectivity index (χ4n) is 2.89. The van der Waals surface area contributed by atoms with E-state index in [-0.39, 0.29) is 5.91 Å². The summed E-state index contributed by atoms with van der Waals surface area (Å²) in [6.07, 6.45) is 1.04. The lowest BCUT2D eigenvalue weighted by Gasteiger charge is -2.12. The van der Waals surface area contributed by atoms with E-state index in [2.05, 4.69) is 30.5 Å². The van der Waals surface area contributed by atoms with Gasteiger partial charge in [0, 0.05) is 23.2 Å². The van der Waals surface area contributed by atoms with Crippen LogP contribution in [0.1, 0.15) is 36.3 Å². The number of thiazole rings is 1. The topological polar surface area (TPSA) is 60.9 Å². The Morgan fingerprint density at radius 2 is 2.00 bits per heavy atom. The van der Waals surface area contributed by atoms with E-state index in [0.717, 1.165) is 40.6 Å². The van der Waals surface area contributed by atoms with Gasteiger partial charge in [0.1, 0.15) is 5.01 Å². The van der Waals surface area contributed by atoms with Gasteiger partial charge in [-0.05, 0) is 25.3 Å². The Balaban J connectivity index is 2.02. The lowest BCUT2D eigenvalue weighted by Crippen LogP contribution is -2.13. The van der Waals surface area contributed by atoms with Gasteiger partial charge in [-0.2, -0.15) is 0 Å². The maximum Gasteiger partial charge on any atom is 0.250 e. The van der Waals surface area contributed by atoms with E-state index >= 15 is 0 Å². The lowest BCUT2D eigenvalue weighted by molar-refractivity contribution is 0.0999. The van der Waals surface area contributed by atoms with Crippen LogP contribution in [0.2, 0.25) is 0 Å². The fourth-order valence-corrected chi connectivity index (χ4v) is 3.71. The highest BCUT2D eigenvalue weighted by Crippen LogP contribution is 2.31. The predicted molar refractivity (Wildman–Crippen MR) is 104 cm³/mol. The molecule has 2 heterocycles. The first-order chi connectivity index (χ1) is 12.0. The monoisotopic (exact) mass is 353 g/mol. The van der Waals surface area contributed by atoms with E-state index in [0.29, 0.717) is 11.5 Å². The smallest absolute Gasteiger partial charge is 0.250 e. The van der Waals surface area contributed by atoms with Crippen molar-refractivity contribution in [2.45, 2.75) is 33.7 Å². The van der Waals surface area contributed by atoms with Crippen molar-refractivity contribution >= 4 is 17.2 Å². The molecule has 2 aromatic heterocycles. The molecular weight excluding hydrogens is 330 g/mol. The number of rotatable bonds is 6. The highest BCUT2D eigenvalue weighted by Gasteiger charge is 2.19. The van der Waals surface area contributed by atoms with Crippen LogP contribution in [-0.2, 0) is 6.54 Å². The molecule has 1 aromatic carbocycles. The van der Waals surface area contributed by atoms with E-state index < -0.39 is 0 Å². The summed E-state index contributed by atoms with van der Waals surface area (Å²) in [5, 5.41) is 3.03. The summed E-state index contributed by atoms with van der Waals surface area (Å²) in [6.45, 7) is 7.20. The third-order valence-electron chi connectivity index (χ3n) is 4.35. The van der Waals surface area contributed by atoms with Crippen molar-refractivity contribution in [1.29, 1.82) is 0 Å². The summed E-state index contributed by atoms with van der Waals surface area (Å²) in [7, 11) is 0. The van der Waals surface area contributed by atoms with Crippen LogP contribution in [0.15, 0.2) is 41.8 Å². The molecule has 0 saturated heterocycles. The van der Waals surface area contributed by atoms with Crippen LogP contribution in [0.3, 0.4) is 0 Å². The molecule has 3 rings (SSSR count). The van der Waals surface area contributed by atoms with Crippen LogP contribution in [0.25, 0.3) is 22.0 Å². The molecule has 0 spiro atoms. The van der Waals surface area contributed by atoms with Gasteiger partial charge in [0.05, 0.1) is 17.0 Å². The SMILES string of the molecule is Cc1c(C(N)=O)cc(-c2csc(-c3ccccc3)n2)n1CCC(C)C. The number of nitrogens with zero attached hydrogens (tertiary/aromatic N) is 2. The van der Waals surface area contributed by atoms with Crippen molar-refractivity contribution in [3.8, 4) is 22.0 Å². The second-order valence-electron chi connectivity index (χ2n) is 6.63. The molecule has 5 heteroatoms. The Morgan fingerprint density at radius 3 is 2.64 bits per heavy atom. The summed E-state index contributed by atoms with van der Waals surface area (Å²) in [4.78, 5) is 16.6. The molecule has 0 saturated carbocycles. The van der Waals surface area contributed by atoms with Gasteiger partial charge < -0.3 is 10.3 Å². The highest BCUT2D eigenvalue weighted by atomic mass is 32.1. The number of carbonyl (C=O) groups is 1. The van der Waals surface area contributed by atoms with Crippen molar-refractivity contribution in [2.75, 3.05) is 0 Å². The zero-order valence-electron chi connectivity index (χ0n) is 14.8. The standard InChI is InChI=1S/C20H23N3OS/c1-13(2)9-10-23-14(3)16(19(21)24)11-18(23)17-12-25-20(22-17)15-7-5-4-6-8-15/h4-8,11-13H,9-10H2,1-3H3,(H2,21,24). The van der Waals surface area contributed by atoms with Gasteiger partial charge in [0.15, 0.2) is 0 Å². The first kappa shape index (κ1) is 17.4. The predicted octanol–water partition coefficient (Wildman–Crippen LogP) is 4.73. The molecule has 4 nitrogen and oxygen atoms in total. The zero-order valence-corrected chi connectivity index (χ0v) is 15.6. The average molecular weight is 353 g/mol. The number of amides is 1. The molecule has 0 aliphatic heterocycles. The van der Waals surface area contributed by atoms with Gasteiger partial charge in [-0.15, -0.1) is 11.3 Å². The number of carbonyl (C=O) groups excluding carboxylic acids is 1. The van der Waals surface area contributed by atoms with Gasteiger partial charge in [0.25, 0.3) is 5.91 Å². The second kappa shape index (κ2) is 7.23. The summed E-state index contributed by atoms with van der Waals surface area (Å²) < 4.78 is 2.17. The number of hydrogen-bond donors (Lipinski definition) is 1. The van der Waals surface area contributed by atoms with Gasteiger partial charge in [0.2, 0.25) is 0 Å². The maximum atomic E-state index is 11.8. The Morgan fingerprint density at radius 1 is 1.28 bits per heavy atom. The Kier molecular flexibility index (Phi) is 5.04. The van der Waals surface area contributed by atoms with Gasteiger partial charge in [-0.25, -0.2) is 4.98 Å². The minimum atomic E-state index is -0.388. The van der Waals surface area contributed by atoms with E-state index in [1.54, 1.807) is 11.3 Å². The van der Waals surface area contributed by atoms with E-state index in [1.165, 1.54) is 0 Å². The molecule has 0 radical (unpaired) electrons. The third kappa shape index (κ3) is 3.66. The molecule has 0 atom stereocenters. The van der Waals surface area contributed by atoms with Gasteiger partial charge in [-0.3, -0.25) is 4.79 Å². The van der Waals surface area contributed by atoms with E-state index in [1.807, 2.05) is 36.6 Å². The largest absolute Gasteiger partial charge is 0.366 e. The molecule has 130 valence electrons. The van der Waals surface area contributed by atoms with Crippen molar-refractivity contribution in [3.05, 3.63) is 53.0 Å². The number of hydrogen-bond acceptors (Lipinski definition) is 3. The second-order valence-corrected chi connectivity index (χ2v) is 7.49. The summed E-state index contributed by atoms with van der Waals surface area (Å²) in [6, 6.07) is 12.0. The van der Waals surface area contributed by atoms with Crippen molar-refractivity contribution in [1.82, 2.24) is 9.55 Å². The Labute approximate surface area is 152 Å². The van der Waals surface area contributed by atoms with E-state index in [4.69, 9.17) is 10.7 Å². The Hall–Kier alpha value is -2.40. The minimum absolute atomic E-state index is 0.388. The van der Waals surface area contributed by atoms with Crippen LogP contribution in [0.5, 0.6) is 0 Å². The van der Waals surface area contributed by atoms with Crippen molar-refractivity contribution < 1.29 is 4.79 Å². The van der Waals surface area contributed by atoms with Crippen LogP contribution >= 0.6 is 11.3 Å². The zero-order chi connectivity index (χ0) is 18.0. The third-order valence-corrected chi connectivity index (χ3v) is 5.24. The molecule has 1 amide bonds. The molecule has 0 aliphatic carbocycles. The maximum absolute atomic E-state index is 11.8. The first-order valence-electron chi connectivity index (χ1n) is 8.48. The quantitative estimate of drug-likeness (QED) is 0.696.